The molecule has 80 valence electrons. The van der Waals surface area contributed by atoms with E-state index in [4.69, 9.17) is 6.42 Å². The average molecular weight is 228 g/mol. The maximum atomic E-state index is 13.2. The van der Waals surface area contributed by atoms with Crippen LogP contribution in [0.5, 0.6) is 0 Å². The standard InChI is InChI=1S/C9H9FN2O2S/c1-3-7-12(2)15(13,14)9-8(10)5-4-6-11-9/h1,4-6H,7H2,2H3. The van der Waals surface area contributed by atoms with Crippen LogP contribution >= 0.6 is 0 Å². The van der Waals surface area contributed by atoms with Gasteiger partial charge in [0.1, 0.15) is 0 Å². The van der Waals surface area contributed by atoms with Gasteiger partial charge in [0.15, 0.2) is 5.82 Å². The second-order valence-electron chi connectivity index (χ2n) is 2.76. The van der Waals surface area contributed by atoms with Crippen molar-refractivity contribution in [2.24, 2.45) is 0 Å². The van der Waals surface area contributed by atoms with Crippen molar-refractivity contribution in [1.82, 2.24) is 9.29 Å². The van der Waals surface area contributed by atoms with E-state index in [-0.39, 0.29) is 6.54 Å². The van der Waals surface area contributed by atoms with Gasteiger partial charge in [-0.3, -0.25) is 0 Å². The van der Waals surface area contributed by atoms with Gasteiger partial charge in [0.25, 0.3) is 10.0 Å². The lowest BCUT2D eigenvalue weighted by atomic mass is 10.5. The van der Waals surface area contributed by atoms with Crippen LogP contribution in [0.3, 0.4) is 0 Å². The zero-order valence-corrected chi connectivity index (χ0v) is 8.83. The minimum absolute atomic E-state index is 0.127. The number of aromatic nitrogens is 1. The highest BCUT2D eigenvalue weighted by atomic mass is 32.2. The molecule has 0 saturated carbocycles. The quantitative estimate of drug-likeness (QED) is 0.707. The highest BCUT2D eigenvalue weighted by molar-refractivity contribution is 7.89. The summed E-state index contributed by atoms with van der Waals surface area (Å²) in [4.78, 5) is 3.48. The molecule has 0 saturated heterocycles. The van der Waals surface area contributed by atoms with Gasteiger partial charge in [0.2, 0.25) is 5.03 Å². The van der Waals surface area contributed by atoms with Crippen molar-refractivity contribution in [1.29, 1.82) is 0 Å². The van der Waals surface area contributed by atoms with Gasteiger partial charge in [-0.25, -0.2) is 17.8 Å². The molecule has 1 rings (SSSR count). The first-order valence-corrected chi connectivity index (χ1v) is 5.44. The van der Waals surface area contributed by atoms with Crippen LogP contribution in [0.1, 0.15) is 0 Å². The van der Waals surface area contributed by atoms with Crippen LogP contribution < -0.4 is 0 Å². The lowest BCUT2D eigenvalue weighted by Crippen LogP contribution is -2.28. The van der Waals surface area contributed by atoms with Crippen LogP contribution in [-0.2, 0) is 10.0 Å². The average Bonchev–Trinajstić information content (AvgIpc) is 2.18. The maximum absolute atomic E-state index is 13.2. The molecule has 0 atom stereocenters. The van der Waals surface area contributed by atoms with Gasteiger partial charge in [-0.1, -0.05) is 5.92 Å². The van der Waals surface area contributed by atoms with Gasteiger partial charge in [-0.15, -0.1) is 6.42 Å². The van der Waals surface area contributed by atoms with Crippen molar-refractivity contribution < 1.29 is 12.8 Å². The van der Waals surface area contributed by atoms with Crippen molar-refractivity contribution >= 4 is 10.0 Å². The fourth-order valence-corrected chi connectivity index (χ4v) is 1.97. The highest BCUT2D eigenvalue weighted by Gasteiger charge is 2.24. The van der Waals surface area contributed by atoms with Crippen molar-refractivity contribution in [3.05, 3.63) is 24.1 Å². The Morgan fingerprint density at radius 1 is 1.67 bits per heavy atom. The molecule has 0 N–H and O–H groups in total. The topological polar surface area (TPSA) is 50.3 Å². The Kier molecular flexibility index (Phi) is 3.39. The number of sulfonamides is 1. The van der Waals surface area contributed by atoms with Crippen molar-refractivity contribution in [3.63, 3.8) is 0 Å². The minimum Gasteiger partial charge on any atom is -0.241 e. The molecule has 15 heavy (non-hydrogen) atoms. The molecule has 0 aliphatic rings. The van der Waals surface area contributed by atoms with Crippen LogP contribution in [0.25, 0.3) is 0 Å². The molecule has 0 fully saturated rings. The number of hydrogen-bond acceptors (Lipinski definition) is 3. The summed E-state index contributed by atoms with van der Waals surface area (Å²) in [6.45, 7) is -0.127. The lowest BCUT2D eigenvalue weighted by molar-refractivity contribution is 0.485. The first-order valence-electron chi connectivity index (χ1n) is 4.00. The molecular formula is C9H9FN2O2S. The number of rotatable bonds is 3. The summed E-state index contributed by atoms with van der Waals surface area (Å²) >= 11 is 0. The van der Waals surface area contributed by atoms with Crippen LogP contribution in [0, 0.1) is 18.2 Å². The zero-order valence-electron chi connectivity index (χ0n) is 8.01. The second-order valence-corrected chi connectivity index (χ2v) is 4.72. The first kappa shape index (κ1) is 11.6. The van der Waals surface area contributed by atoms with Gasteiger partial charge < -0.3 is 0 Å². The molecule has 6 heteroatoms. The Morgan fingerprint density at radius 2 is 2.33 bits per heavy atom. The molecule has 4 nitrogen and oxygen atoms in total. The van der Waals surface area contributed by atoms with Crippen molar-refractivity contribution in [2.75, 3.05) is 13.6 Å². The van der Waals surface area contributed by atoms with E-state index in [0.717, 1.165) is 10.4 Å². The number of halogens is 1. The summed E-state index contributed by atoms with van der Waals surface area (Å²) in [5.74, 6) is 1.27. The molecule has 0 bridgehead atoms. The monoisotopic (exact) mass is 228 g/mol. The maximum Gasteiger partial charge on any atom is 0.264 e. The van der Waals surface area contributed by atoms with Gasteiger partial charge in [-0.05, 0) is 12.1 Å². The summed E-state index contributed by atoms with van der Waals surface area (Å²) in [6.07, 6.45) is 6.18. The van der Waals surface area contributed by atoms with E-state index >= 15 is 0 Å². The van der Waals surface area contributed by atoms with Crippen molar-refractivity contribution in [3.8, 4) is 12.3 Å². The molecule has 0 aliphatic carbocycles. The first-order chi connectivity index (χ1) is 7.00. The Morgan fingerprint density at radius 3 is 2.87 bits per heavy atom. The van der Waals surface area contributed by atoms with E-state index < -0.39 is 20.9 Å². The van der Waals surface area contributed by atoms with E-state index in [1.54, 1.807) is 0 Å². The van der Waals surface area contributed by atoms with E-state index in [1.807, 2.05) is 0 Å². The number of terminal acetylenes is 1. The van der Waals surface area contributed by atoms with E-state index in [0.29, 0.717) is 0 Å². The fraction of sp³-hybridized carbons (Fsp3) is 0.222. The largest absolute Gasteiger partial charge is 0.264 e. The third kappa shape index (κ3) is 2.32. The normalized spacial score (nSPS) is 11.3. The summed E-state index contributed by atoms with van der Waals surface area (Å²) in [6, 6.07) is 2.35. The molecule has 0 radical (unpaired) electrons. The molecule has 0 amide bonds. The van der Waals surface area contributed by atoms with E-state index in [2.05, 4.69) is 10.9 Å². The van der Waals surface area contributed by atoms with Crippen molar-refractivity contribution in [2.45, 2.75) is 5.03 Å². The molecule has 0 aromatic carbocycles. The lowest BCUT2D eigenvalue weighted by Gasteiger charge is -2.13. The molecule has 1 aromatic rings. The predicted octanol–water partition coefficient (Wildman–Crippen LogP) is 0.474. The molecule has 1 heterocycles. The Balaban J connectivity index is 3.19. The third-order valence-electron chi connectivity index (χ3n) is 1.69. The smallest absolute Gasteiger partial charge is 0.241 e. The Hall–Kier alpha value is -1.45. The molecule has 0 spiro atoms. The van der Waals surface area contributed by atoms with E-state index in [1.165, 1.54) is 19.3 Å². The van der Waals surface area contributed by atoms with Gasteiger partial charge in [0, 0.05) is 13.2 Å². The van der Waals surface area contributed by atoms with Gasteiger partial charge >= 0.3 is 0 Å². The van der Waals surface area contributed by atoms with Crippen LogP contribution in [0.4, 0.5) is 4.39 Å². The SMILES string of the molecule is C#CCN(C)S(=O)(=O)c1ncccc1F. The van der Waals surface area contributed by atoms with Crippen LogP contribution in [0.2, 0.25) is 0 Å². The Labute approximate surface area is 87.8 Å². The summed E-state index contributed by atoms with van der Waals surface area (Å²) in [5, 5.41) is -0.609. The highest BCUT2D eigenvalue weighted by Crippen LogP contribution is 2.14. The summed E-state index contributed by atoms with van der Waals surface area (Å²) < 4.78 is 37.4. The molecule has 1 aromatic heterocycles. The number of pyridine rings is 1. The van der Waals surface area contributed by atoms with Gasteiger partial charge in [0.05, 0.1) is 6.54 Å². The predicted molar refractivity (Wildman–Crippen MR) is 52.8 cm³/mol. The van der Waals surface area contributed by atoms with Gasteiger partial charge in [-0.2, -0.15) is 4.31 Å². The van der Waals surface area contributed by atoms with Crippen LogP contribution in [-0.4, -0.2) is 31.3 Å². The molecular weight excluding hydrogens is 219 g/mol. The molecule has 0 aliphatic heterocycles. The number of nitrogens with zero attached hydrogens (tertiary/aromatic N) is 2. The summed E-state index contributed by atoms with van der Waals surface area (Å²) in [5.41, 5.74) is 0. The molecule has 0 unspecified atom stereocenters. The van der Waals surface area contributed by atoms with E-state index in [9.17, 15) is 12.8 Å². The Bertz CT molecular complexity index is 493. The number of hydrogen-bond donors (Lipinski definition) is 0. The minimum atomic E-state index is -3.93. The second kappa shape index (κ2) is 4.38. The van der Waals surface area contributed by atoms with Crippen LogP contribution in [0.15, 0.2) is 23.4 Å². The third-order valence-corrected chi connectivity index (χ3v) is 3.43. The summed E-state index contributed by atoms with van der Waals surface area (Å²) in [7, 11) is -2.66. The zero-order chi connectivity index (χ0) is 11.5. The fourth-order valence-electron chi connectivity index (χ4n) is 0.922.